The minimum atomic E-state index is 0.322. The van der Waals surface area contributed by atoms with E-state index >= 15 is 0 Å². The molecule has 0 N–H and O–H groups in total. The van der Waals surface area contributed by atoms with E-state index in [0.717, 1.165) is 45.4 Å². The first-order valence-electron chi connectivity index (χ1n) is 4.67. The summed E-state index contributed by atoms with van der Waals surface area (Å²) in [7, 11) is 0. The van der Waals surface area contributed by atoms with Gasteiger partial charge in [0.15, 0.2) is 0 Å². The Hall–Kier alpha value is -0.410. The molecule has 68 valence electrons. The lowest BCUT2D eigenvalue weighted by molar-refractivity contribution is -0.114. The third kappa shape index (κ3) is 1.52. The Morgan fingerprint density at radius 3 is 2.33 bits per heavy atom. The average molecular weight is 169 g/mol. The molecular weight excluding hydrogens is 154 g/mol. The van der Waals surface area contributed by atoms with E-state index in [2.05, 4.69) is 4.90 Å². The summed E-state index contributed by atoms with van der Waals surface area (Å²) < 4.78 is 5.13. The van der Waals surface area contributed by atoms with Crippen molar-refractivity contribution in [2.75, 3.05) is 26.3 Å². The number of carbonyl (C=O) groups is 1. The van der Waals surface area contributed by atoms with Crippen LogP contribution in [-0.4, -0.2) is 43.5 Å². The van der Waals surface area contributed by atoms with Crippen LogP contribution in [0.2, 0.25) is 0 Å². The molecule has 0 atom stereocenters. The molecule has 0 aromatic rings. The molecular formula is C9H15NO2. The fraction of sp³-hybridized carbons (Fsp3) is 0.889. The second-order valence-electron chi connectivity index (χ2n) is 3.70. The van der Waals surface area contributed by atoms with Gasteiger partial charge in [-0.2, -0.15) is 0 Å². The van der Waals surface area contributed by atoms with Crippen LogP contribution in [0, 0.1) is 5.92 Å². The number of rotatable bonds is 2. The number of carbonyl (C=O) groups excluding carboxylic acids is 1. The van der Waals surface area contributed by atoms with Crippen LogP contribution >= 0.6 is 0 Å². The lowest BCUT2D eigenvalue weighted by Gasteiger charge is -2.40. The van der Waals surface area contributed by atoms with E-state index in [1.54, 1.807) is 0 Å². The highest BCUT2D eigenvalue weighted by molar-refractivity contribution is 5.53. The summed E-state index contributed by atoms with van der Waals surface area (Å²) in [5.74, 6) is 0.322. The molecule has 0 amide bonds. The lowest BCUT2D eigenvalue weighted by atomic mass is 9.97. The monoisotopic (exact) mass is 169 g/mol. The molecule has 2 fully saturated rings. The molecule has 3 nitrogen and oxygen atoms in total. The molecule has 2 rings (SSSR count). The van der Waals surface area contributed by atoms with Gasteiger partial charge in [-0.1, -0.05) is 0 Å². The molecule has 0 aromatic heterocycles. The molecule has 0 spiro atoms. The molecule has 0 bridgehead atoms. The first-order valence-corrected chi connectivity index (χ1v) is 4.67. The summed E-state index contributed by atoms with van der Waals surface area (Å²) in [5, 5.41) is 0. The van der Waals surface area contributed by atoms with Crippen LogP contribution in [-0.2, 0) is 9.53 Å². The topological polar surface area (TPSA) is 29.5 Å². The van der Waals surface area contributed by atoms with Crippen molar-refractivity contribution < 1.29 is 9.53 Å². The first kappa shape index (κ1) is 8.20. The Morgan fingerprint density at radius 2 is 1.92 bits per heavy atom. The van der Waals surface area contributed by atoms with Crippen molar-refractivity contribution in [2.24, 2.45) is 5.92 Å². The molecule has 2 aliphatic heterocycles. The molecule has 2 heterocycles. The van der Waals surface area contributed by atoms with E-state index in [1.807, 2.05) is 0 Å². The van der Waals surface area contributed by atoms with Crippen LogP contribution in [0.4, 0.5) is 0 Å². The van der Waals surface area contributed by atoms with E-state index in [1.165, 1.54) is 0 Å². The predicted octanol–water partition coefficient (Wildman–Crippen LogP) is 0.296. The summed E-state index contributed by atoms with van der Waals surface area (Å²) in [4.78, 5) is 12.9. The molecule has 2 saturated heterocycles. The van der Waals surface area contributed by atoms with Gasteiger partial charge in [0, 0.05) is 5.92 Å². The highest BCUT2D eigenvalue weighted by Gasteiger charge is 2.29. The summed E-state index contributed by atoms with van der Waals surface area (Å²) >= 11 is 0. The van der Waals surface area contributed by atoms with E-state index in [9.17, 15) is 4.79 Å². The van der Waals surface area contributed by atoms with Gasteiger partial charge in [-0.25, -0.2) is 0 Å². The second-order valence-corrected chi connectivity index (χ2v) is 3.70. The molecule has 2 aliphatic rings. The van der Waals surface area contributed by atoms with Gasteiger partial charge < -0.3 is 9.53 Å². The van der Waals surface area contributed by atoms with Crippen LogP contribution < -0.4 is 0 Å². The Bertz CT molecular complexity index is 160. The van der Waals surface area contributed by atoms with Crippen LogP contribution in [0.25, 0.3) is 0 Å². The van der Waals surface area contributed by atoms with Gasteiger partial charge >= 0.3 is 0 Å². The quantitative estimate of drug-likeness (QED) is 0.557. The predicted molar refractivity (Wildman–Crippen MR) is 45.0 cm³/mol. The fourth-order valence-corrected chi connectivity index (χ4v) is 1.85. The van der Waals surface area contributed by atoms with E-state index in [-0.39, 0.29) is 0 Å². The smallest absolute Gasteiger partial charge is 0.123 e. The summed E-state index contributed by atoms with van der Waals surface area (Å²) in [6.45, 7) is 3.95. The number of piperidine rings is 1. The maximum atomic E-state index is 10.5. The van der Waals surface area contributed by atoms with Crippen molar-refractivity contribution in [1.29, 1.82) is 0 Å². The zero-order valence-electron chi connectivity index (χ0n) is 7.24. The Balaban J connectivity index is 1.77. The van der Waals surface area contributed by atoms with Crippen LogP contribution in [0.15, 0.2) is 0 Å². The lowest BCUT2D eigenvalue weighted by Crippen LogP contribution is -2.51. The van der Waals surface area contributed by atoms with Crippen molar-refractivity contribution in [2.45, 2.75) is 18.9 Å². The first-order chi connectivity index (χ1) is 5.90. The maximum absolute atomic E-state index is 10.5. The molecule has 0 aliphatic carbocycles. The van der Waals surface area contributed by atoms with Gasteiger partial charge in [0.05, 0.1) is 19.3 Å². The second kappa shape index (κ2) is 3.54. The molecule has 0 unspecified atom stereocenters. The SMILES string of the molecule is O=CC1CCN(C2COC2)CC1. The molecule has 12 heavy (non-hydrogen) atoms. The average Bonchev–Trinajstić information content (AvgIpc) is 2.03. The summed E-state index contributed by atoms with van der Waals surface area (Å²) in [6, 6.07) is 0.651. The minimum absolute atomic E-state index is 0.322. The maximum Gasteiger partial charge on any atom is 0.123 e. The highest BCUT2D eigenvalue weighted by atomic mass is 16.5. The Morgan fingerprint density at radius 1 is 1.25 bits per heavy atom. The largest absolute Gasteiger partial charge is 0.378 e. The normalized spacial score (nSPS) is 28.3. The van der Waals surface area contributed by atoms with E-state index in [4.69, 9.17) is 4.74 Å². The standard InChI is InChI=1S/C9H15NO2/c11-5-8-1-3-10(4-2-8)9-6-12-7-9/h5,8-9H,1-4,6-7H2. The van der Waals surface area contributed by atoms with Crippen molar-refractivity contribution in [1.82, 2.24) is 4.90 Å². The van der Waals surface area contributed by atoms with Crippen molar-refractivity contribution in [3.63, 3.8) is 0 Å². The molecule has 0 saturated carbocycles. The van der Waals surface area contributed by atoms with Crippen LogP contribution in [0.5, 0.6) is 0 Å². The Kier molecular flexibility index (Phi) is 2.42. The molecule has 3 heteroatoms. The number of hydrogen-bond donors (Lipinski definition) is 0. The van der Waals surface area contributed by atoms with Gasteiger partial charge in [-0.05, 0) is 25.9 Å². The van der Waals surface area contributed by atoms with Crippen LogP contribution in [0.1, 0.15) is 12.8 Å². The van der Waals surface area contributed by atoms with Gasteiger partial charge in [-0.3, -0.25) is 4.90 Å². The molecule has 0 aromatic carbocycles. The van der Waals surface area contributed by atoms with Crippen molar-refractivity contribution in [3.05, 3.63) is 0 Å². The van der Waals surface area contributed by atoms with Gasteiger partial charge in [-0.15, -0.1) is 0 Å². The van der Waals surface area contributed by atoms with Gasteiger partial charge in [0.2, 0.25) is 0 Å². The van der Waals surface area contributed by atoms with E-state index in [0.29, 0.717) is 12.0 Å². The summed E-state index contributed by atoms with van der Waals surface area (Å²) in [5.41, 5.74) is 0. The highest BCUT2D eigenvalue weighted by Crippen LogP contribution is 2.20. The van der Waals surface area contributed by atoms with Crippen molar-refractivity contribution in [3.8, 4) is 0 Å². The van der Waals surface area contributed by atoms with E-state index < -0.39 is 0 Å². The molecule has 0 radical (unpaired) electrons. The number of likely N-dealkylation sites (tertiary alicyclic amines) is 1. The third-order valence-corrected chi connectivity index (χ3v) is 2.90. The van der Waals surface area contributed by atoms with Gasteiger partial charge in [0.25, 0.3) is 0 Å². The number of nitrogens with zero attached hydrogens (tertiary/aromatic N) is 1. The fourth-order valence-electron chi connectivity index (χ4n) is 1.85. The Labute approximate surface area is 72.7 Å². The van der Waals surface area contributed by atoms with Crippen LogP contribution in [0.3, 0.4) is 0 Å². The summed E-state index contributed by atoms with van der Waals surface area (Å²) in [6.07, 6.45) is 3.19. The number of aldehydes is 1. The van der Waals surface area contributed by atoms with Crippen molar-refractivity contribution >= 4 is 6.29 Å². The number of hydrogen-bond acceptors (Lipinski definition) is 3. The number of ether oxygens (including phenoxy) is 1. The van der Waals surface area contributed by atoms with Gasteiger partial charge in [0.1, 0.15) is 6.29 Å². The zero-order chi connectivity index (χ0) is 8.39. The minimum Gasteiger partial charge on any atom is -0.378 e. The zero-order valence-corrected chi connectivity index (χ0v) is 7.24. The third-order valence-electron chi connectivity index (χ3n) is 2.90.